The second-order valence-corrected chi connectivity index (χ2v) is 5.97. The number of rotatable bonds is 5. The molecule has 0 unspecified atom stereocenters. The van der Waals surface area contributed by atoms with Crippen molar-refractivity contribution in [1.29, 1.82) is 0 Å². The Balaban J connectivity index is 1.84. The number of aryl methyl sites for hydroxylation is 1. The van der Waals surface area contributed by atoms with Gasteiger partial charge in [0.2, 0.25) is 0 Å². The predicted molar refractivity (Wildman–Crippen MR) is 101 cm³/mol. The van der Waals surface area contributed by atoms with E-state index in [1.807, 2.05) is 0 Å². The van der Waals surface area contributed by atoms with Crippen LogP contribution in [0, 0.1) is 6.92 Å². The second kappa shape index (κ2) is 7.76. The lowest BCUT2D eigenvalue weighted by molar-refractivity contribution is -0.111. The van der Waals surface area contributed by atoms with Crippen LogP contribution in [-0.4, -0.2) is 16.2 Å². The van der Waals surface area contributed by atoms with E-state index in [1.54, 1.807) is 61.5 Å². The van der Waals surface area contributed by atoms with Crippen LogP contribution < -0.4 is 10.6 Å². The van der Waals surface area contributed by atoms with Crippen molar-refractivity contribution in [3.8, 4) is 5.75 Å². The zero-order valence-electron chi connectivity index (χ0n) is 13.9. The highest BCUT2D eigenvalue weighted by Gasteiger charge is 2.16. The Bertz CT molecular complexity index is 931. The topological polar surface area (TPSA) is 87.4 Å². The van der Waals surface area contributed by atoms with Gasteiger partial charge in [-0.3, -0.25) is 4.79 Å². The van der Waals surface area contributed by atoms with E-state index in [1.165, 1.54) is 6.20 Å². The van der Waals surface area contributed by atoms with Gasteiger partial charge in [0.15, 0.2) is 0 Å². The molecule has 0 saturated carbocycles. The van der Waals surface area contributed by atoms with E-state index < -0.39 is 0 Å². The van der Waals surface area contributed by atoms with E-state index >= 15 is 0 Å². The summed E-state index contributed by atoms with van der Waals surface area (Å²) in [4.78, 5) is 12.7. The van der Waals surface area contributed by atoms with Gasteiger partial charge in [0.25, 0.3) is 5.91 Å². The Labute approximate surface area is 155 Å². The number of phenols is 1. The molecule has 0 saturated heterocycles. The molecule has 1 aromatic heterocycles. The van der Waals surface area contributed by atoms with Gasteiger partial charge >= 0.3 is 0 Å². The highest BCUT2D eigenvalue weighted by molar-refractivity contribution is 6.30. The number of aromatic hydroxyl groups is 1. The SMILES string of the molecule is Cc1cc(/C(=C/Nc2ccc(O)cc2)C(=O)Nc2ccc(Cl)cc2)no1. The minimum Gasteiger partial charge on any atom is -0.508 e. The lowest BCUT2D eigenvalue weighted by Gasteiger charge is -2.08. The number of phenolic OH excluding ortho intramolecular Hbond substituents is 1. The number of hydrogen-bond acceptors (Lipinski definition) is 5. The first-order chi connectivity index (χ1) is 12.5. The normalized spacial score (nSPS) is 11.2. The Kier molecular flexibility index (Phi) is 5.24. The van der Waals surface area contributed by atoms with Crippen LogP contribution in [0.3, 0.4) is 0 Å². The van der Waals surface area contributed by atoms with Crippen LogP contribution >= 0.6 is 11.6 Å². The summed E-state index contributed by atoms with van der Waals surface area (Å²) in [5.41, 5.74) is 2.01. The second-order valence-electron chi connectivity index (χ2n) is 5.53. The van der Waals surface area contributed by atoms with E-state index in [0.29, 0.717) is 33.4 Å². The monoisotopic (exact) mass is 369 g/mol. The fourth-order valence-corrected chi connectivity index (χ4v) is 2.32. The molecule has 0 aliphatic heterocycles. The number of nitrogens with one attached hydrogen (secondary N) is 2. The van der Waals surface area contributed by atoms with Gasteiger partial charge < -0.3 is 20.3 Å². The average Bonchev–Trinajstić information content (AvgIpc) is 3.05. The van der Waals surface area contributed by atoms with Crippen molar-refractivity contribution in [3.05, 3.63) is 77.3 Å². The molecular formula is C19H16ClN3O3. The van der Waals surface area contributed by atoms with Gasteiger partial charge in [-0.2, -0.15) is 0 Å². The van der Waals surface area contributed by atoms with Crippen molar-refractivity contribution in [2.24, 2.45) is 0 Å². The molecule has 0 spiro atoms. The summed E-state index contributed by atoms with van der Waals surface area (Å²) >= 11 is 5.86. The molecule has 0 bridgehead atoms. The van der Waals surface area contributed by atoms with E-state index in [2.05, 4.69) is 15.8 Å². The van der Waals surface area contributed by atoms with Crippen LogP contribution in [-0.2, 0) is 4.79 Å². The first-order valence-electron chi connectivity index (χ1n) is 7.77. The molecule has 7 heteroatoms. The lowest BCUT2D eigenvalue weighted by Crippen LogP contribution is -2.15. The summed E-state index contributed by atoms with van der Waals surface area (Å²) in [5, 5.41) is 19.7. The Morgan fingerprint density at radius 2 is 1.77 bits per heavy atom. The fraction of sp³-hybridized carbons (Fsp3) is 0.0526. The molecule has 0 aliphatic rings. The molecule has 3 rings (SSSR count). The number of halogens is 1. The Morgan fingerprint density at radius 1 is 1.12 bits per heavy atom. The number of benzene rings is 2. The molecule has 0 fully saturated rings. The third-order valence-electron chi connectivity index (χ3n) is 3.50. The lowest BCUT2D eigenvalue weighted by atomic mass is 10.1. The zero-order valence-corrected chi connectivity index (χ0v) is 14.6. The first-order valence-corrected chi connectivity index (χ1v) is 8.15. The quantitative estimate of drug-likeness (QED) is 0.457. The molecule has 132 valence electrons. The Morgan fingerprint density at radius 3 is 2.38 bits per heavy atom. The fourth-order valence-electron chi connectivity index (χ4n) is 2.19. The van der Waals surface area contributed by atoms with Gasteiger partial charge in [0.05, 0.1) is 5.57 Å². The molecule has 1 heterocycles. The molecule has 2 aromatic carbocycles. The highest BCUT2D eigenvalue weighted by atomic mass is 35.5. The molecule has 0 atom stereocenters. The van der Waals surface area contributed by atoms with Crippen LogP contribution in [0.5, 0.6) is 5.75 Å². The van der Waals surface area contributed by atoms with Crippen molar-refractivity contribution >= 4 is 34.5 Å². The Hall–Kier alpha value is -3.25. The third kappa shape index (κ3) is 4.43. The largest absolute Gasteiger partial charge is 0.508 e. The van der Waals surface area contributed by atoms with Crippen LogP contribution in [0.1, 0.15) is 11.5 Å². The number of anilines is 2. The minimum absolute atomic E-state index is 0.160. The summed E-state index contributed by atoms with van der Waals surface area (Å²) in [6, 6.07) is 14.9. The van der Waals surface area contributed by atoms with Gasteiger partial charge in [-0.05, 0) is 55.5 Å². The smallest absolute Gasteiger partial charge is 0.259 e. The molecule has 3 N–H and O–H groups in total. The van der Waals surface area contributed by atoms with Crippen molar-refractivity contribution in [2.75, 3.05) is 10.6 Å². The molecule has 6 nitrogen and oxygen atoms in total. The molecule has 0 radical (unpaired) electrons. The van der Waals surface area contributed by atoms with Crippen molar-refractivity contribution in [3.63, 3.8) is 0 Å². The molecule has 3 aromatic rings. The maximum Gasteiger partial charge on any atom is 0.259 e. The third-order valence-corrected chi connectivity index (χ3v) is 3.75. The predicted octanol–water partition coefficient (Wildman–Crippen LogP) is 4.43. The van der Waals surface area contributed by atoms with Crippen molar-refractivity contribution < 1.29 is 14.4 Å². The number of aromatic nitrogens is 1. The summed E-state index contributed by atoms with van der Waals surface area (Å²) in [7, 11) is 0. The van der Waals surface area contributed by atoms with Crippen molar-refractivity contribution in [1.82, 2.24) is 5.16 Å². The first kappa shape index (κ1) is 17.6. The maximum atomic E-state index is 12.7. The van der Waals surface area contributed by atoms with Crippen LogP contribution in [0.25, 0.3) is 5.57 Å². The van der Waals surface area contributed by atoms with Crippen LogP contribution in [0.2, 0.25) is 5.02 Å². The average molecular weight is 370 g/mol. The number of carbonyl (C=O) groups is 1. The van der Waals surface area contributed by atoms with Crippen LogP contribution in [0.15, 0.2) is 65.3 Å². The van der Waals surface area contributed by atoms with E-state index in [-0.39, 0.29) is 11.7 Å². The number of nitrogens with zero attached hydrogens (tertiary/aromatic N) is 1. The molecule has 26 heavy (non-hydrogen) atoms. The number of amides is 1. The summed E-state index contributed by atoms with van der Waals surface area (Å²) in [6.07, 6.45) is 1.54. The standard InChI is InChI=1S/C19H16ClN3O3/c1-12-10-18(23-26-12)17(11-21-14-6-8-16(24)9-7-14)19(25)22-15-4-2-13(20)3-5-15/h2-11,21,24H,1H3,(H,22,25)/b17-11-. The van der Waals surface area contributed by atoms with E-state index in [0.717, 1.165) is 0 Å². The number of carbonyl (C=O) groups excluding carboxylic acids is 1. The summed E-state index contributed by atoms with van der Waals surface area (Å²) in [6.45, 7) is 1.75. The van der Waals surface area contributed by atoms with E-state index in [9.17, 15) is 9.90 Å². The van der Waals surface area contributed by atoms with Crippen molar-refractivity contribution in [2.45, 2.75) is 6.92 Å². The van der Waals surface area contributed by atoms with Crippen LogP contribution in [0.4, 0.5) is 11.4 Å². The van der Waals surface area contributed by atoms with E-state index in [4.69, 9.17) is 16.1 Å². The molecule has 0 aliphatic carbocycles. The van der Waals surface area contributed by atoms with Gasteiger partial charge in [-0.15, -0.1) is 0 Å². The van der Waals surface area contributed by atoms with Gasteiger partial charge in [0, 0.05) is 28.7 Å². The molecule has 1 amide bonds. The number of hydrogen-bond donors (Lipinski definition) is 3. The highest BCUT2D eigenvalue weighted by Crippen LogP contribution is 2.20. The molecular weight excluding hydrogens is 354 g/mol. The summed E-state index contributed by atoms with van der Waals surface area (Å²) in [5.74, 6) is 0.397. The zero-order chi connectivity index (χ0) is 18.5. The summed E-state index contributed by atoms with van der Waals surface area (Å²) < 4.78 is 5.08. The van der Waals surface area contributed by atoms with Gasteiger partial charge in [0.1, 0.15) is 17.2 Å². The van der Waals surface area contributed by atoms with Gasteiger partial charge in [-0.1, -0.05) is 16.8 Å². The minimum atomic E-state index is -0.355. The maximum absolute atomic E-state index is 12.7. The van der Waals surface area contributed by atoms with Gasteiger partial charge in [-0.25, -0.2) is 0 Å².